The minimum atomic E-state index is -0.521. The van der Waals surface area contributed by atoms with Crippen LogP contribution in [0.4, 0.5) is 10.5 Å². The summed E-state index contributed by atoms with van der Waals surface area (Å²) < 4.78 is 10.8. The van der Waals surface area contributed by atoms with Crippen molar-refractivity contribution in [1.29, 1.82) is 0 Å². The van der Waals surface area contributed by atoms with Gasteiger partial charge in [-0.05, 0) is 26.3 Å². The molecule has 0 aromatic heterocycles. The number of nitro groups is 1. The summed E-state index contributed by atoms with van der Waals surface area (Å²) in [6, 6.07) is 6.16. The third-order valence-electron chi connectivity index (χ3n) is 4.95. The molecule has 1 saturated heterocycles. The molecule has 0 unspecified atom stereocenters. The fourth-order valence-corrected chi connectivity index (χ4v) is 2.65. The predicted octanol–water partition coefficient (Wildman–Crippen LogP) is 3.68. The molecule has 1 aliphatic rings. The van der Waals surface area contributed by atoms with Crippen LogP contribution in [0.25, 0.3) is 0 Å². The number of amides is 1. The van der Waals surface area contributed by atoms with E-state index in [4.69, 9.17) is 9.47 Å². The molecule has 0 N–H and O–H groups in total. The number of rotatable bonds is 6. The molecule has 1 fully saturated rings. The summed E-state index contributed by atoms with van der Waals surface area (Å²) >= 11 is 0. The highest BCUT2D eigenvalue weighted by atomic mass is 16.6. The number of esters is 1. The topological polar surface area (TPSA) is 99.0 Å². The zero-order chi connectivity index (χ0) is 20.0. The summed E-state index contributed by atoms with van der Waals surface area (Å²) in [5, 5.41) is 11.0. The van der Waals surface area contributed by atoms with E-state index >= 15 is 0 Å². The molecule has 1 aromatic carbocycles. The molecule has 0 spiro atoms. The lowest BCUT2D eigenvalue weighted by Crippen LogP contribution is -2.42. The third kappa shape index (κ3) is 5.42. The number of para-hydroxylation sites is 1. The minimum absolute atomic E-state index is 0.0746. The van der Waals surface area contributed by atoms with Gasteiger partial charge in [0.15, 0.2) is 0 Å². The Morgan fingerprint density at radius 2 is 1.89 bits per heavy atom. The molecule has 148 valence electrons. The molecular formula is C19H26N2O6. The first-order valence-corrected chi connectivity index (χ1v) is 9.09. The summed E-state index contributed by atoms with van der Waals surface area (Å²) in [4.78, 5) is 36.4. The molecule has 8 nitrogen and oxygen atoms in total. The van der Waals surface area contributed by atoms with Crippen LogP contribution in [0.2, 0.25) is 0 Å². The molecule has 1 amide bonds. The molecular weight excluding hydrogens is 352 g/mol. The minimum Gasteiger partial charge on any atom is -0.462 e. The van der Waals surface area contributed by atoms with Gasteiger partial charge in [-0.2, -0.15) is 0 Å². The van der Waals surface area contributed by atoms with Gasteiger partial charge in [-0.25, -0.2) is 4.79 Å². The SMILES string of the molecule is CCC(C)(C)C(=O)OC1CCN(C(=O)OCc2ccccc2[N+](=O)[O-])CC1. The van der Waals surface area contributed by atoms with E-state index in [9.17, 15) is 19.7 Å². The Balaban J connectivity index is 1.82. The Hall–Kier alpha value is -2.64. The highest BCUT2D eigenvalue weighted by Crippen LogP contribution is 2.25. The van der Waals surface area contributed by atoms with Crippen molar-refractivity contribution in [3.63, 3.8) is 0 Å². The lowest BCUT2D eigenvalue weighted by molar-refractivity contribution is -0.385. The van der Waals surface area contributed by atoms with Crippen molar-refractivity contribution < 1.29 is 24.0 Å². The van der Waals surface area contributed by atoms with Crippen molar-refractivity contribution in [2.45, 2.75) is 52.7 Å². The van der Waals surface area contributed by atoms with E-state index in [1.54, 1.807) is 18.2 Å². The zero-order valence-corrected chi connectivity index (χ0v) is 16.0. The van der Waals surface area contributed by atoms with Gasteiger partial charge in [-0.15, -0.1) is 0 Å². The lowest BCUT2D eigenvalue weighted by Gasteiger charge is -2.32. The number of hydrogen-bond acceptors (Lipinski definition) is 6. The first-order valence-electron chi connectivity index (χ1n) is 9.09. The van der Waals surface area contributed by atoms with E-state index in [2.05, 4.69) is 0 Å². The maximum atomic E-state index is 12.2. The van der Waals surface area contributed by atoms with Gasteiger partial charge in [0.05, 0.1) is 15.9 Å². The van der Waals surface area contributed by atoms with Gasteiger partial charge in [-0.1, -0.05) is 19.1 Å². The third-order valence-corrected chi connectivity index (χ3v) is 4.95. The Kier molecular flexibility index (Phi) is 6.76. The predicted molar refractivity (Wildman–Crippen MR) is 98.0 cm³/mol. The second-order valence-electron chi connectivity index (χ2n) is 7.27. The monoisotopic (exact) mass is 378 g/mol. The number of likely N-dealkylation sites (tertiary alicyclic amines) is 1. The van der Waals surface area contributed by atoms with Crippen molar-refractivity contribution >= 4 is 17.7 Å². The molecule has 27 heavy (non-hydrogen) atoms. The highest BCUT2D eigenvalue weighted by molar-refractivity contribution is 5.76. The summed E-state index contributed by atoms with van der Waals surface area (Å²) in [6.07, 6.45) is 1.07. The van der Waals surface area contributed by atoms with E-state index < -0.39 is 16.4 Å². The van der Waals surface area contributed by atoms with Crippen LogP contribution in [-0.2, 0) is 20.9 Å². The van der Waals surface area contributed by atoms with E-state index in [1.165, 1.54) is 11.0 Å². The van der Waals surface area contributed by atoms with E-state index in [0.29, 0.717) is 37.9 Å². The van der Waals surface area contributed by atoms with Crippen LogP contribution in [0.3, 0.4) is 0 Å². The second kappa shape index (κ2) is 8.83. The van der Waals surface area contributed by atoms with Gasteiger partial charge in [0.1, 0.15) is 12.7 Å². The second-order valence-corrected chi connectivity index (χ2v) is 7.27. The Morgan fingerprint density at radius 3 is 2.48 bits per heavy atom. The van der Waals surface area contributed by atoms with Crippen molar-refractivity contribution in [2.24, 2.45) is 5.41 Å². The first-order chi connectivity index (χ1) is 12.7. The Labute approximate surface area is 158 Å². The van der Waals surface area contributed by atoms with Gasteiger partial charge in [0.2, 0.25) is 0 Å². The lowest BCUT2D eigenvalue weighted by atomic mass is 9.90. The standard InChI is InChI=1S/C19H26N2O6/c1-4-19(2,3)17(22)27-15-9-11-20(12-10-15)18(23)26-13-14-7-5-6-8-16(14)21(24)25/h5-8,15H,4,9-13H2,1-3H3. The summed E-state index contributed by atoms with van der Waals surface area (Å²) in [5.74, 6) is -0.220. The number of benzene rings is 1. The van der Waals surface area contributed by atoms with Crippen molar-refractivity contribution in [1.82, 2.24) is 4.90 Å². The molecule has 1 heterocycles. The van der Waals surface area contributed by atoms with Crippen molar-refractivity contribution in [2.75, 3.05) is 13.1 Å². The first kappa shape index (κ1) is 20.7. The normalized spacial score (nSPS) is 15.3. The summed E-state index contributed by atoms with van der Waals surface area (Å²) in [7, 11) is 0. The van der Waals surface area contributed by atoms with Crippen LogP contribution >= 0.6 is 0 Å². The Morgan fingerprint density at radius 1 is 1.26 bits per heavy atom. The number of carbonyl (C=O) groups excluding carboxylic acids is 2. The average Bonchev–Trinajstić information content (AvgIpc) is 2.66. The molecule has 1 aliphatic heterocycles. The quantitative estimate of drug-likeness (QED) is 0.425. The van der Waals surface area contributed by atoms with Gasteiger partial charge < -0.3 is 14.4 Å². The Bertz CT molecular complexity index is 695. The van der Waals surface area contributed by atoms with Crippen LogP contribution in [0.5, 0.6) is 0 Å². The van der Waals surface area contributed by atoms with E-state index in [0.717, 1.165) is 0 Å². The number of carbonyl (C=O) groups is 2. The van der Waals surface area contributed by atoms with Crippen molar-refractivity contribution in [3.05, 3.63) is 39.9 Å². The van der Waals surface area contributed by atoms with Crippen molar-refractivity contribution in [3.8, 4) is 0 Å². The maximum Gasteiger partial charge on any atom is 0.410 e. The average molecular weight is 378 g/mol. The number of hydrogen-bond donors (Lipinski definition) is 0. The molecule has 0 atom stereocenters. The fraction of sp³-hybridized carbons (Fsp3) is 0.579. The van der Waals surface area contributed by atoms with Crippen LogP contribution < -0.4 is 0 Å². The maximum absolute atomic E-state index is 12.2. The number of nitro benzene ring substituents is 1. The molecule has 0 saturated carbocycles. The molecule has 1 aromatic rings. The summed E-state index contributed by atoms with van der Waals surface area (Å²) in [6.45, 7) is 6.32. The van der Waals surface area contributed by atoms with E-state index in [1.807, 2.05) is 20.8 Å². The fourth-order valence-electron chi connectivity index (χ4n) is 2.65. The van der Waals surface area contributed by atoms with E-state index in [-0.39, 0.29) is 24.4 Å². The molecule has 2 rings (SSSR count). The molecule has 0 radical (unpaired) electrons. The van der Waals surface area contributed by atoms with Crippen LogP contribution in [0, 0.1) is 15.5 Å². The number of piperidine rings is 1. The molecule has 8 heteroatoms. The van der Waals surface area contributed by atoms with Crippen LogP contribution in [-0.4, -0.2) is 41.1 Å². The zero-order valence-electron chi connectivity index (χ0n) is 16.0. The molecule has 0 bridgehead atoms. The summed E-state index contributed by atoms with van der Waals surface area (Å²) in [5.41, 5.74) is -0.239. The van der Waals surface area contributed by atoms with Gasteiger partial charge in [0, 0.05) is 32.0 Å². The van der Waals surface area contributed by atoms with Crippen LogP contribution in [0.15, 0.2) is 24.3 Å². The van der Waals surface area contributed by atoms with Gasteiger partial charge in [0.25, 0.3) is 5.69 Å². The van der Waals surface area contributed by atoms with Gasteiger partial charge in [-0.3, -0.25) is 14.9 Å². The van der Waals surface area contributed by atoms with Gasteiger partial charge >= 0.3 is 12.1 Å². The smallest absolute Gasteiger partial charge is 0.410 e. The molecule has 0 aliphatic carbocycles. The largest absolute Gasteiger partial charge is 0.462 e. The number of nitrogens with zero attached hydrogens (tertiary/aromatic N) is 2. The highest BCUT2D eigenvalue weighted by Gasteiger charge is 2.32. The van der Waals surface area contributed by atoms with Crippen LogP contribution in [0.1, 0.15) is 45.6 Å². The number of ether oxygens (including phenoxy) is 2.